The van der Waals surface area contributed by atoms with Gasteiger partial charge in [-0.3, -0.25) is 9.59 Å². The molecule has 1 aliphatic carbocycles. The molecule has 0 aromatic heterocycles. The molecule has 2 aliphatic rings. The minimum atomic E-state index is -1.12. The van der Waals surface area contributed by atoms with Gasteiger partial charge in [0.2, 0.25) is 5.91 Å². The minimum Gasteiger partial charge on any atom is -0.490 e. The highest BCUT2D eigenvalue weighted by molar-refractivity contribution is 6.02. The zero-order chi connectivity index (χ0) is 29.2. The molecule has 1 atom stereocenters. The first kappa shape index (κ1) is 30.8. The van der Waals surface area contributed by atoms with Crippen LogP contribution in [-0.4, -0.2) is 47.9 Å². The molecule has 0 bridgehead atoms. The maximum Gasteiger partial charge on any atom is 0.408 e. The molecule has 1 aliphatic heterocycles. The average Bonchev–Trinajstić information content (AvgIpc) is 3.18. The molecule has 218 valence electrons. The molecule has 1 aromatic carbocycles. The lowest BCUT2D eigenvalue weighted by molar-refractivity contribution is -0.156. The predicted molar refractivity (Wildman–Crippen MR) is 152 cm³/mol. The number of fused-ring (bicyclic) bond motifs is 1. The fourth-order valence-corrected chi connectivity index (χ4v) is 5.31. The van der Waals surface area contributed by atoms with Crippen LogP contribution in [0, 0.1) is 11.3 Å². The van der Waals surface area contributed by atoms with Crippen LogP contribution in [0.15, 0.2) is 18.2 Å². The summed E-state index contributed by atoms with van der Waals surface area (Å²) in [5.74, 6) is 0.597. The van der Waals surface area contributed by atoms with E-state index in [4.69, 9.17) is 14.2 Å². The van der Waals surface area contributed by atoms with E-state index in [9.17, 15) is 14.4 Å². The van der Waals surface area contributed by atoms with Crippen LogP contribution in [0.25, 0.3) is 0 Å². The number of amides is 2. The summed E-state index contributed by atoms with van der Waals surface area (Å²) in [4.78, 5) is 40.4. The number of carbonyl (C=O) groups is 3. The fourth-order valence-electron chi connectivity index (χ4n) is 5.31. The molecule has 1 fully saturated rings. The van der Waals surface area contributed by atoms with Gasteiger partial charge in [-0.15, -0.1) is 0 Å². The second-order valence-electron chi connectivity index (χ2n) is 14.0. The molecule has 1 heterocycles. The second-order valence-corrected chi connectivity index (χ2v) is 14.0. The maximum absolute atomic E-state index is 13.6. The van der Waals surface area contributed by atoms with Gasteiger partial charge in [-0.2, -0.15) is 0 Å². The van der Waals surface area contributed by atoms with E-state index < -0.39 is 29.3 Å². The van der Waals surface area contributed by atoms with E-state index in [-0.39, 0.29) is 18.4 Å². The SMILES string of the molecule is CC(C)(C)OC(=O)CC(NC(=O)OC(C)(C)C)C(=O)N1CCc2cc(OC3CCC(C(C)(C)C)CC3)ccc21. The summed E-state index contributed by atoms with van der Waals surface area (Å²) in [5.41, 5.74) is 0.654. The molecular weight excluding hydrogens is 496 g/mol. The van der Waals surface area contributed by atoms with Crippen LogP contribution in [0.1, 0.15) is 100.0 Å². The molecule has 0 spiro atoms. The number of ether oxygens (including phenoxy) is 3. The van der Waals surface area contributed by atoms with Crippen molar-refractivity contribution in [2.75, 3.05) is 11.4 Å². The summed E-state index contributed by atoms with van der Waals surface area (Å²) >= 11 is 0. The molecule has 1 saturated carbocycles. The van der Waals surface area contributed by atoms with Gasteiger partial charge in [0.1, 0.15) is 23.0 Å². The van der Waals surface area contributed by atoms with Crippen molar-refractivity contribution in [1.29, 1.82) is 0 Å². The average molecular weight is 545 g/mol. The largest absolute Gasteiger partial charge is 0.490 e. The second kappa shape index (κ2) is 11.8. The third kappa shape index (κ3) is 9.14. The van der Waals surface area contributed by atoms with Gasteiger partial charge in [-0.25, -0.2) is 4.79 Å². The Labute approximate surface area is 234 Å². The van der Waals surface area contributed by atoms with Crippen molar-refractivity contribution in [1.82, 2.24) is 5.32 Å². The third-order valence-corrected chi connectivity index (χ3v) is 7.19. The summed E-state index contributed by atoms with van der Waals surface area (Å²) in [6, 6.07) is 4.70. The van der Waals surface area contributed by atoms with E-state index in [1.807, 2.05) is 18.2 Å². The Morgan fingerprint density at radius 1 is 0.923 bits per heavy atom. The number of anilines is 1. The summed E-state index contributed by atoms with van der Waals surface area (Å²) in [7, 11) is 0. The molecule has 8 nitrogen and oxygen atoms in total. The highest BCUT2D eigenvalue weighted by Gasteiger charge is 2.35. The van der Waals surface area contributed by atoms with E-state index >= 15 is 0 Å². The molecule has 3 rings (SSSR count). The zero-order valence-electron chi connectivity index (χ0n) is 25.3. The molecule has 39 heavy (non-hydrogen) atoms. The Balaban J connectivity index is 1.70. The monoisotopic (exact) mass is 544 g/mol. The molecule has 1 unspecified atom stereocenters. The number of esters is 1. The number of hydrogen-bond acceptors (Lipinski definition) is 6. The van der Waals surface area contributed by atoms with E-state index in [1.165, 1.54) is 12.8 Å². The van der Waals surface area contributed by atoms with Crippen LogP contribution >= 0.6 is 0 Å². The number of alkyl carbamates (subject to hydrolysis) is 1. The zero-order valence-corrected chi connectivity index (χ0v) is 25.3. The lowest BCUT2D eigenvalue weighted by Gasteiger charge is -2.37. The summed E-state index contributed by atoms with van der Waals surface area (Å²) < 4.78 is 17.1. The van der Waals surface area contributed by atoms with Crippen LogP contribution in [-0.2, 0) is 25.5 Å². The summed E-state index contributed by atoms with van der Waals surface area (Å²) in [6.07, 6.45) is 4.26. The van der Waals surface area contributed by atoms with Crippen LogP contribution in [0.4, 0.5) is 10.5 Å². The molecule has 0 radical (unpaired) electrons. The van der Waals surface area contributed by atoms with Gasteiger partial charge in [0.05, 0.1) is 12.5 Å². The van der Waals surface area contributed by atoms with Gasteiger partial charge in [-0.1, -0.05) is 20.8 Å². The van der Waals surface area contributed by atoms with Crippen molar-refractivity contribution in [2.45, 2.75) is 124 Å². The third-order valence-electron chi connectivity index (χ3n) is 7.19. The Hall–Kier alpha value is -2.77. The quantitative estimate of drug-likeness (QED) is 0.430. The van der Waals surface area contributed by atoms with Crippen LogP contribution in [0.3, 0.4) is 0 Å². The maximum atomic E-state index is 13.6. The number of hydrogen-bond donors (Lipinski definition) is 1. The summed E-state index contributed by atoms with van der Waals surface area (Å²) in [5, 5.41) is 2.60. The normalized spacial score (nSPS) is 20.6. The van der Waals surface area contributed by atoms with Crippen molar-refractivity contribution >= 4 is 23.7 Å². The minimum absolute atomic E-state index is 0.206. The van der Waals surface area contributed by atoms with Gasteiger partial charge < -0.3 is 24.4 Å². The Morgan fingerprint density at radius 3 is 2.10 bits per heavy atom. The molecule has 1 aromatic rings. The lowest BCUT2D eigenvalue weighted by atomic mass is 9.72. The topological polar surface area (TPSA) is 94.2 Å². The number of carbonyl (C=O) groups excluding carboxylic acids is 3. The molecule has 1 N–H and O–H groups in total. The highest BCUT2D eigenvalue weighted by Crippen LogP contribution is 2.39. The van der Waals surface area contributed by atoms with Crippen molar-refractivity contribution in [3.8, 4) is 5.75 Å². The van der Waals surface area contributed by atoms with Crippen molar-refractivity contribution in [3.63, 3.8) is 0 Å². The van der Waals surface area contributed by atoms with Gasteiger partial charge in [-0.05, 0) is 109 Å². The first-order chi connectivity index (χ1) is 17.9. The first-order valence-corrected chi connectivity index (χ1v) is 14.2. The fraction of sp³-hybridized carbons (Fsp3) is 0.710. The number of nitrogens with zero attached hydrogens (tertiary/aromatic N) is 1. The van der Waals surface area contributed by atoms with E-state index in [0.29, 0.717) is 18.4 Å². The highest BCUT2D eigenvalue weighted by atomic mass is 16.6. The van der Waals surface area contributed by atoms with E-state index in [2.05, 4.69) is 26.1 Å². The molecule has 2 amide bonds. The van der Waals surface area contributed by atoms with Crippen LogP contribution in [0.2, 0.25) is 0 Å². The lowest BCUT2D eigenvalue weighted by Crippen LogP contribution is -2.50. The summed E-state index contributed by atoms with van der Waals surface area (Å²) in [6.45, 7) is 17.9. The molecular formula is C31H48N2O6. The number of rotatable bonds is 6. The molecule has 0 saturated heterocycles. The first-order valence-electron chi connectivity index (χ1n) is 14.2. The van der Waals surface area contributed by atoms with Crippen molar-refractivity contribution < 1.29 is 28.6 Å². The number of benzene rings is 1. The van der Waals surface area contributed by atoms with Crippen molar-refractivity contribution in [2.24, 2.45) is 11.3 Å². The van der Waals surface area contributed by atoms with Gasteiger partial charge in [0, 0.05) is 12.2 Å². The standard InChI is InChI=1S/C31H48N2O6/c1-29(2,3)21-10-12-22(13-11-21)37-23-14-15-25-20(18-23)16-17-33(25)27(35)24(19-26(34)38-30(4,5)6)32-28(36)39-31(7,8)9/h14-15,18,21-22,24H,10-13,16-17,19H2,1-9H3,(H,32,36). The van der Waals surface area contributed by atoms with Crippen LogP contribution < -0.4 is 15.0 Å². The molecule has 8 heteroatoms. The van der Waals surface area contributed by atoms with E-state index in [1.54, 1.807) is 46.4 Å². The Bertz CT molecular complexity index is 1010. The van der Waals surface area contributed by atoms with Crippen LogP contribution in [0.5, 0.6) is 5.75 Å². The van der Waals surface area contributed by atoms with Gasteiger partial charge in [0.15, 0.2) is 0 Å². The predicted octanol–water partition coefficient (Wildman–Crippen LogP) is 6.18. The Morgan fingerprint density at radius 2 is 1.54 bits per heavy atom. The Kier molecular flexibility index (Phi) is 9.28. The van der Waals surface area contributed by atoms with Gasteiger partial charge in [0.25, 0.3) is 0 Å². The number of nitrogens with one attached hydrogen (secondary N) is 1. The van der Waals surface area contributed by atoms with Gasteiger partial charge >= 0.3 is 12.1 Å². The van der Waals surface area contributed by atoms with Crippen molar-refractivity contribution in [3.05, 3.63) is 23.8 Å². The van der Waals surface area contributed by atoms with E-state index in [0.717, 1.165) is 35.8 Å². The smallest absolute Gasteiger partial charge is 0.408 e.